The summed E-state index contributed by atoms with van der Waals surface area (Å²) in [5.74, 6) is 0. The summed E-state index contributed by atoms with van der Waals surface area (Å²) in [6.07, 6.45) is 3.71. The van der Waals surface area contributed by atoms with Gasteiger partial charge in [0, 0.05) is 13.1 Å². The summed E-state index contributed by atoms with van der Waals surface area (Å²) < 4.78 is 0. The fraction of sp³-hybridized carbons (Fsp3) is 0.800. The standard InChI is InChI=1S/C10H18N4S/c1-8-12-13-10(15-8)14(2)9-4-3-6-11-7-5-9/h9,11H,3-7H2,1-2H3. The maximum Gasteiger partial charge on any atom is 0.208 e. The van der Waals surface area contributed by atoms with Gasteiger partial charge in [0.05, 0.1) is 0 Å². The van der Waals surface area contributed by atoms with Gasteiger partial charge in [-0.05, 0) is 39.3 Å². The second kappa shape index (κ2) is 4.90. The molecule has 0 amide bonds. The molecule has 1 unspecified atom stereocenters. The van der Waals surface area contributed by atoms with Crippen molar-refractivity contribution in [2.45, 2.75) is 32.2 Å². The molecule has 2 rings (SSSR count). The first-order valence-electron chi connectivity index (χ1n) is 5.51. The van der Waals surface area contributed by atoms with E-state index in [0.717, 1.165) is 23.2 Å². The quantitative estimate of drug-likeness (QED) is 0.828. The normalized spacial score (nSPS) is 22.4. The highest BCUT2D eigenvalue weighted by Crippen LogP contribution is 2.23. The molecule has 1 aromatic rings. The highest BCUT2D eigenvalue weighted by Gasteiger charge is 2.19. The zero-order valence-electron chi connectivity index (χ0n) is 9.36. The van der Waals surface area contributed by atoms with E-state index in [1.807, 2.05) is 6.92 Å². The van der Waals surface area contributed by atoms with E-state index < -0.39 is 0 Å². The summed E-state index contributed by atoms with van der Waals surface area (Å²) in [7, 11) is 2.13. The third-order valence-electron chi connectivity index (χ3n) is 2.91. The average Bonchev–Trinajstić information content (AvgIpc) is 2.53. The molecule has 1 N–H and O–H groups in total. The Bertz CT molecular complexity index is 304. The van der Waals surface area contributed by atoms with Crippen LogP contribution in [0.5, 0.6) is 0 Å². The van der Waals surface area contributed by atoms with Crippen LogP contribution < -0.4 is 10.2 Å². The molecule has 1 saturated heterocycles. The van der Waals surface area contributed by atoms with E-state index in [-0.39, 0.29) is 0 Å². The fourth-order valence-electron chi connectivity index (χ4n) is 1.97. The lowest BCUT2D eigenvalue weighted by atomic mass is 10.1. The molecule has 15 heavy (non-hydrogen) atoms. The highest BCUT2D eigenvalue weighted by atomic mass is 32.1. The molecule has 0 radical (unpaired) electrons. The van der Waals surface area contributed by atoms with Crippen molar-refractivity contribution >= 4 is 16.5 Å². The third kappa shape index (κ3) is 2.66. The molecule has 1 fully saturated rings. The van der Waals surface area contributed by atoms with Crippen molar-refractivity contribution < 1.29 is 0 Å². The van der Waals surface area contributed by atoms with Gasteiger partial charge >= 0.3 is 0 Å². The molecule has 1 aliphatic rings. The largest absolute Gasteiger partial charge is 0.347 e. The summed E-state index contributed by atoms with van der Waals surface area (Å²) >= 11 is 1.68. The van der Waals surface area contributed by atoms with Crippen LogP contribution in [0.1, 0.15) is 24.3 Å². The first-order chi connectivity index (χ1) is 7.27. The van der Waals surface area contributed by atoms with Crippen molar-refractivity contribution in [1.29, 1.82) is 0 Å². The predicted molar refractivity (Wildman–Crippen MR) is 63.6 cm³/mol. The van der Waals surface area contributed by atoms with Crippen molar-refractivity contribution in [2.75, 3.05) is 25.0 Å². The minimum atomic E-state index is 0.618. The molecule has 0 aromatic carbocycles. The van der Waals surface area contributed by atoms with Crippen LogP contribution in [0.3, 0.4) is 0 Å². The average molecular weight is 226 g/mol. The summed E-state index contributed by atoms with van der Waals surface area (Å²) in [5, 5.41) is 13.8. The first kappa shape index (κ1) is 10.8. The molecule has 0 spiro atoms. The summed E-state index contributed by atoms with van der Waals surface area (Å²) in [4.78, 5) is 2.29. The van der Waals surface area contributed by atoms with Gasteiger partial charge in [-0.15, -0.1) is 10.2 Å². The van der Waals surface area contributed by atoms with E-state index in [0.29, 0.717) is 6.04 Å². The molecule has 5 heteroatoms. The Morgan fingerprint density at radius 1 is 1.33 bits per heavy atom. The lowest BCUT2D eigenvalue weighted by Gasteiger charge is -2.25. The summed E-state index contributed by atoms with van der Waals surface area (Å²) in [6, 6.07) is 0.618. The minimum absolute atomic E-state index is 0.618. The van der Waals surface area contributed by atoms with Gasteiger partial charge < -0.3 is 10.2 Å². The second-order valence-electron chi connectivity index (χ2n) is 4.05. The molecule has 84 valence electrons. The number of aromatic nitrogens is 2. The van der Waals surface area contributed by atoms with Crippen molar-refractivity contribution in [3.8, 4) is 0 Å². The molecule has 0 aliphatic carbocycles. The van der Waals surface area contributed by atoms with Crippen LogP contribution in [-0.2, 0) is 0 Å². The summed E-state index contributed by atoms with van der Waals surface area (Å²) in [5.41, 5.74) is 0. The van der Waals surface area contributed by atoms with E-state index in [4.69, 9.17) is 0 Å². The highest BCUT2D eigenvalue weighted by molar-refractivity contribution is 7.15. The number of anilines is 1. The van der Waals surface area contributed by atoms with Crippen molar-refractivity contribution in [3.63, 3.8) is 0 Å². The first-order valence-corrected chi connectivity index (χ1v) is 6.32. The molecule has 0 bridgehead atoms. The molecular weight excluding hydrogens is 208 g/mol. The maximum absolute atomic E-state index is 4.20. The fourth-order valence-corrected chi connectivity index (χ4v) is 2.69. The topological polar surface area (TPSA) is 41.1 Å². The van der Waals surface area contributed by atoms with Gasteiger partial charge in [-0.2, -0.15) is 0 Å². The van der Waals surface area contributed by atoms with E-state index in [1.54, 1.807) is 11.3 Å². The Balaban J connectivity index is 2.02. The number of aryl methyl sites for hydroxylation is 1. The zero-order valence-corrected chi connectivity index (χ0v) is 10.2. The van der Waals surface area contributed by atoms with Crippen LogP contribution in [0.25, 0.3) is 0 Å². The molecule has 1 aromatic heterocycles. The Hall–Kier alpha value is -0.680. The number of hydrogen-bond acceptors (Lipinski definition) is 5. The monoisotopic (exact) mass is 226 g/mol. The lowest BCUT2D eigenvalue weighted by molar-refractivity contribution is 0.564. The van der Waals surface area contributed by atoms with E-state index in [2.05, 4.69) is 27.5 Å². The van der Waals surface area contributed by atoms with Gasteiger partial charge in [-0.3, -0.25) is 0 Å². The van der Waals surface area contributed by atoms with E-state index in [9.17, 15) is 0 Å². The molecular formula is C10H18N4S. The Morgan fingerprint density at radius 2 is 2.20 bits per heavy atom. The smallest absolute Gasteiger partial charge is 0.208 e. The van der Waals surface area contributed by atoms with Crippen LogP contribution in [0, 0.1) is 6.92 Å². The Kier molecular flexibility index (Phi) is 3.53. The van der Waals surface area contributed by atoms with Crippen LogP contribution in [0.15, 0.2) is 0 Å². The zero-order chi connectivity index (χ0) is 10.7. The summed E-state index contributed by atoms with van der Waals surface area (Å²) in [6.45, 7) is 4.27. The van der Waals surface area contributed by atoms with E-state index >= 15 is 0 Å². The molecule has 4 nitrogen and oxygen atoms in total. The SMILES string of the molecule is Cc1nnc(N(C)C2CCCNCC2)s1. The number of hydrogen-bond donors (Lipinski definition) is 1. The van der Waals surface area contributed by atoms with Crippen LogP contribution in [-0.4, -0.2) is 36.4 Å². The Labute approximate surface area is 94.7 Å². The van der Waals surface area contributed by atoms with Crippen LogP contribution in [0.4, 0.5) is 5.13 Å². The minimum Gasteiger partial charge on any atom is -0.347 e. The van der Waals surface area contributed by atoms with Crippen molar-refractivity contribution in [3.05, 3.63) is 5.01 Å². The molecule has 2 heterocycles. The second-order valence-corrected chi connectivity index (χ2v) is 5.21. The number of rotatable bonds is 2. The molecule has 1 atom stereocenters. The van der Waals surface area contributed by atoms with Gasteiger partial charge in [0.1, 0.15) is 5.01 Å². The van der Waals surface area contributed by atoms with Gasteiger partial charge in [-0.25, -0.2) is 0 Å². The van der Waals surface area contributed by atoms with Gasteiger partial charge in [-0.1, -0.05) is 11.3 Å². The molecule has 1 aliphatic heterocycles. The van der Waals surface area contributed by atoms with Crippen molar-refractivity contribution in [2.24, 2.45) is 0 Å². The lowest BCUT2D eigenvalue weighted by Crippen LogP contribution is -2.32. The molecule has 0 saturated carbocycles. The Morgan fingerprint density at radius 3 is 2.93 bits per heavy atom. The number of nitrogens with one attached hydrogen (secondary N) is 1. The number of nitrogens with zero attached hydrogens (tertiary/aromatic N) is 3. The maximum atomic E-state index is 4.20. The van der Waals surface area contributed by atoms with Crippen LogP contribution in [0.2, 0.25) is 0 Å². The van der Waals surface area contributed by atoms with Crippen molar-refractivity contribution in [1.82, 2.24) is 15.5 Å². The third-order valence-corrected chi connectivity index (χ3v) is 3.84. The van der Waals surface area contributed by atoms with Gasteiger partial charge in [0.2, 0.25) is 5.13 Å². The van der Waals surface area contributed by atoms with Gasteiger partial charge in [0.25, 0.3) is 0 Å². The van der Waals surface area contributed by atoms with E-state index in [1.165, 1.54) is 19.3 Å². The van der Waals surface area contributed by atoms with Crippen LogP contribution >= 0.6 is 11.3 Å². The predicted octanol–water partition coefficient (Wildman–Crippen LogP) is 1.42. The van der Waals surface area contributed by atoms with Gasteiger partial charge in [0.15, 0.2) is 0 Å².